The molecular weight excluding hydrogens is 361 g/mol. The van der Waals surface area contributed by atoms with Crippen LogP contribution in [0.1, 0.15) is 5.56 Å². The summed E-state index contributed by atoms with van der Waals surface area (Å²) in [6.45, 7) is 0. The number of furan rings is 1. The first kappa shape index (κ1) is 17.7. The Morgan fingerprint density at radius 2 is 1.65 bits per heavy atom. The summed E-state index contributed by atoms with van der Waals surface area (Å²) in [5.74, 6) is -11.3. The number of fused-ring (bicyclic) bond motifs is 1. The summed E-state index contributed by atoms with van der Waals surface area (Å²) in [5.41, 5.74) is -0.631. The third kappa shape index (κ3) is 2.96. The monoisotopic (exact) mass is 371 g/mol. The predicted octanol–water partition coefficient (Wildman–Crippen LogP) is 4.32. The van der Waals surface area contributed by atoms with Gasteiger partial charge in [-0.1, -0.05) is 0 Å². The lowest BCUT2D eigenvalue weighted by Gasteiger charge is -2.09. The second-order valence-electron chi connectivity index (χ2n) is 5.29. The maximum atomic E-state index is 13.6. The predicted molar refractivity (Wildman–Crippen MR) is 81.3 cm³/mol. The van der Waals surface area contributed by atoms with Gasteiger partial charge < -0.3 is 14.5 Å². The smallest absolute Gasteiger partial charge is 0.229 e. The van der Waals surface area contributed by atoms with Gasteiger partial charge in [0.1, 0.15) is 17.0 Å². The van der Waals surface area contributed by atoms with Crippen LogP contribution in [-0.4, -0.2) is 13.0 Å². The number of rotatable bonds is 4. The SMILES string of the molecule is COc1ccc2c(CC(=O)Nc3c(F)c(F)c(F)c(F)c3F)coc2c1. The summed E-state index contributed by atoms with van der Waals surface area (Å²) in [7, 11) is 1.46. The van der Waals surface area contributed by atoms with E-state index in [2.05, 4.69) is 0 Å². The van der Waals surface area contributed by atoms with E-state index < -0.39 is 47.1 Å². The zero-order valence-electron chi connectivity index (χ0n) is 13.1. The number of anilines is 1. The van der Waals surface area contributed by atoms with Gasteiger partial charge in [0.25, 0.3) is 0 Å². The minimum atomic E-state index is -2.30. The molecule has 0 saturated carbocycles. The van der Waals surface area contributed by atoms with E-state index in [1.54, 1.807) is 23.5 Å². The largest absolute Gasteiger partial charge is 0.497 e. The first-order valence-electron chi connectivity index (χ1n) is 7.19. The number of hydrogen-bond acceptors (Lipinski definition) is 3. The normalized spacial score (nSPS) is 11.0. The first-order valence-corrected chi connectivity index (χ1v) is 7.19. The molecule has 1 heterocycles. The molecule has 0 aliphatic rings. The molecule has 0 radical (unpaired) electrons. The lowest BCUT2D eigenvalue weighted by molar-refractivity contribution is -0.115. The lowest BCUT2D eigenvalue weighted by Crippen LogP contribution is -2.18. The highest BCUT2D eigenvalue weighted by molar-refractivity contribution is 5.95. The number of methoxy groups -OCH3 is 1. The van der Waals surface area contributed by atoms with Gasteiger partial charge in [0.2, 0.25) is 11.7 Å². The highest BCUT2D eigenvalue weighted by Gasteiger charge is 2.27. The summed E-state index contributed by atoms with van der Waals surface area (Å²) in [4.78, 5) is 12.0. The molecule has 4 nitrogen and oxygen atoms in total. The summed E-state index contributed by atoms with van der Waals surface area (Å²) in [6, 6.07) is 4.79. The van der Waals surface area contributed by atoms with Crippen molar-refractivity contribution in [1.82, 2.24) is 0 Å². The van der Waals surface area contributed by atoms with E-state index in [1.807, 2.05) is 0 Å². The van der Waals surface area contributed by atoms with E-state index in [9.17, 15) is 26.7 Å². The van der Waals surface area contributed by atoms with Crippen LogP contribution in [0.5, 0.6) is 5.75 Å². The van der Waals surface area contributed by atoms with Crippen LogP contribution < -0.4 is 10.1 Å². The number of halogens is 5. The van der Waals surface area contributed by atoms with Crippen LogP contribution >= 0.6 is 0 Å². The average molecular weight is 371 g/mol. The fourth-order valence-corrected chi connectivity index (χ4v) is 2.40. The molecule has 1 N–H and O–H groups in total. The minimum absolute atomic E-state index is 0.365. The van der Waals surface area contributed by atoms with Gasteiger partial charge in [-0.3, -0.25) is 4.79 Å². The Labute approximate surface area is 143 Å². The van der Waals surface area contributed by atoms with E-state index in [-0.39, 0.29) is 0 Å². The molecule has 1 aromatic heterocycles. The van der Waals surface area contributed by atoms with Crippen molar-refractivity contribution in [3.63, 3.8) is 0 Å². The molecule has 1 amide bonds. The van der Waals surface area contributed by atoms with Gasteiger partial charge >= 0.3 is 0 Å². The number of ether oxygens (including phenoxy) is 1. The topological polar surface area (TPSA) is 51.5 Å². The van der Waals surface area contributed by atoms with Gasteiger partial charge in [-0.25, -0.2) is 22.0 Å². The summed E-state index contributed by atoms with van der Waals surface area (Å²) >= 11 is 0. The van der Waals surface area contributed by atoms with Gasteiger partial charge in [-0.2, -0.15) is 0 Å². The first-order chi connectivity index (χ1) is 12.3. The Balaban J connectivity index is 1.87. The number of hydrogen-bond donors (Lipinski definition) is 1. The van der Waals surface area contributed by atoms with E-state index in [4.69, 9.17) is 9.15 Å². The molecule has 3 aromatic rings. The molecule has 2 aromatic carbocycles. The molecule has 0 unspecified atom stereocenters. The number of benzene rings is 2. The third-order valence-electron chi connectivity index (χ3n) is 3.69. The van der Waals surface area contributed by atoms with Crippen LogP contribution in [0.3, 0.4) is 0 Å². The molecule has 9 heteroatoms. The highest BCUT2D eigenvalue weighted by Crippen LogP contribution is 2.29. The molecule has 0 saturated heterocycles. The second-order valence-corrected chi connectivity index (χ2v) is 5.29. The van der Waals surface area contributed by atoms with Gasteiger partial charge in [0, 0.05) is 17.0 Å². The van der Waals surface area contributed by atoms with Crippen LogP contribution in [-0.2, 0) is 11.2 Å². The van der Waals surface area contributed by atoms with Crippen molar-refractivity contribution >= 4 is 22.6 Å². The standard InChI is InChI=1S/C17H10F5NO3/c1-25-8-2-3-9-7(6-26-10(9)5-8)4-11(24)23-17-15(21)13(19)12(18)14(20)16(17)22/h2-3,5-6H,4H2,1H3,(H,23,24). The second kappa shape index (κ2) is 6.66. The van der Waals surface area contributed by atoms with Crippen LogP contribution in [0.4, 0.5) is 27.6 Å². The minimum Gasteiger partial charge on any atom is -0.497 e. The summed E-state index contributed by atoms with van der Waals surface area (Å²) < 4.78 is 76.9. The summed E-state index contributed by atoms with van der Waals surface area (Å²) in [6.07, 6.45) is 0.848. The van der Waals surface area contributed by atoms with E-state index >= 15 is 0 Å². The maximum Gasteiger partial charge on any atom is 0.229 e. The zero-order valence-corrected chi connectivity index (χ0v) is 13.1. The highest BCUT2D eigenvalue weighted by atomic mass is 19.2. The molecule has 0 atom stereocenters. The van der Waals surface area contributed by atoms with Crippen LogP contribution in [0.2, 0.25) is 0 Å². The van der Waals surface area contributed by atoms with Crippen molar-refractivity contribution in [2.45, 2.75) is 6.42 Å². The quantitative estimate of drug-likeness (QED) is 0.422. The molecule has 26 heavy (non-hydrogen) atoms. The maximum absolute atomic E-state index is 13.6. The van der Waals surface area contributed by atoms with Crippen LogP contribution in [0.25, 0.3) is 11.0 Å². The molecule has 3 rings (SSSR count). The molecule has 136 valence electrons. The lowest BCUT2D eigenvalue weighted by atomic mass is 10.1. The van der Waals surface area contributed by atoms with Gasteiger partial charge in [0.15, 0.2) is 23.3 Å². The number of nitrogens with one attached hydrogen (secondary N) is 1. The molecule has 0 fully saturated rings. The van der Waals surface area contributed by atoms with E-state index in [0.717, 1.165) is 0 Å². The Kier molecular flexibility index (Phi) is 4.54. The number of carbonyl (C=O) groups is 1. The van der Waals surface area contributed by atoms with E-state index in [0.29, 0.717) is 22.3 Å². The average Bonchev–Trinajstić information content (AvgIpc) is 3.03. The Hall–Kier alpha value is -3.10. The van der Waals surface area contributed by atoms with Gasteiger partial charge in [-0.05, 0) is 12.1 Å². The fourth-order valence-electron chi connectivity index (χ4n) is 2.40. The Bertz CT molecular complexity index is 986. The van der Waals surface area contributed by atoms with Crippen molar-refractivity contribution in [2.24, 2.45) is 0 Å². The fraction of sp³-hybridized carbons (Fsp3) is 0.118. The molecule has 0 aliphatic heterocycles. The summed E-state index contributed by atoms with van der Waals surface area (Å²) in [5, 5.41) is 2.25. The van der Waals surface area contributed by atoms with Crippen molar-refractivity contribution in [3.05, 3.63) is 59.1 Å². The van der Waals surface area contributed by atoms with Crippen molar-refractivity contribution in [3.8, 4) is 5.75 Å². The van der Waals surface area contributed by atoms with Crippen molar-refractivity contribution in [1.29, 1.82) is 0 Å². The van der Waals surface area contributed by atoms with Crippen molar-refractivity contribution < 1.29 is 35.9 Å². The zero-order chi connectivity index (χ0) is 19.0. The molecular formula is C17H10F5NO3. The molecule has 0 spiro atoms. The van der Waals surface area contributed by atoms with Crippen molar-refractivity contribution in [2.75, 3.05) is 12.4 Å². The van der Waals surface area contributed by atoms with E-state index in [1.165, 1.54) is 13.4 Å². The van der Waals surface area contributed by atoms with Crippen LogP contribution in [0, 0.1) is 29.1 Å². The Morgan fingerprint density at radius 1 is 1.04 bits per heavy atom. The number of carbonyl (C=O) groups excluding carboxylic acids is 1. The third-order valence-corrected chi connectivity index (χ3v) is 3.69. The molecule has 0 bridgehead atoms. The van der Waals surface area contributed by atoms with Gasteiger partial charge in [0.05, 0.1) is 19.8 Å². The number of amides is 1. The Morgan fingerprint density at radius 3 is 2.27 bits per heavy atom. The van der Waals surface area contributed by atoms with Gasteiger partial charge in [-0.15, -0.1) is 0 Å². The molecule has 0 aliphatic carbocycles. The van der Waals surface area contributed by atoms with Crippen LogP contribution in [0.15, 0.2) is 28.9 Å².